The molecule has 3 heteroatoms. The standard InChI is InChI=1S/C15H25ClN2/c1-5-12(6-2)18(10-11(3)4)14-9-7-8-13(16)15(14)17/h7-9,11-12H,5-6,10,17H2,1-4H3. The van der Waals surface area contributed by atoms with Crippen LogP contribution in [-0.4, -0.2) is 12.6 Å². The molecule has 0 aliphatic heterocycles. The number of rotatable bonds is 6. The number of halogens is 1. The summed E-state index contributed by atoms with van der Waals surface area (Å²) < 4.78 is 0. The SMILES string of the molecule is CCC(CC)N(CC(C)C)c1cccc(Cl)c1N. The fourth-order valence-corrected chi connectivity index (χ4v) is 2.51. The zero-order valence-corrected chi connectivity index (χ0v) is 12.7. The molecule has 0 heterocycles. The zero-order chi connectivity index (χ0) is 13.7. The summed E-state index contributed by atoms with van der Waals surface area (Å²) in [6.45, 7) is 9.92. The Bertz CT molecular complexity index is 373. The fourth-order valence-electron chi connectivity index (χ4n) is 2.34. The highest BCUT2D eigenvalue weighted by Crippen LogP contribution is 2.32. The third-order valence-corrected chi connectivity index (χ3v) is 3.61. The van der Waals surface area contributed by atoms with Crippen LogP contribution in [-0.2, 0) is 0 Å². The first-order chi connectivity index (χ1) is 8.51. The van der Waals surface area contributed by atoms with E-state index in [1.807, 2.05) is 12.1 Å². The third kappa shape index (κ3) is 3.55. The second-order valence-electron chi connectivity index (χ2n) is 5.19. The Kier molecular flexibility index (Phi) is 5.80. The van der Waals surface area contributed by atoms with Crippen molar-refractivity contribution in [1.82, 2.24) is 0 Å². The monoisotopic (exact) mass is 268 g/mol. The predicted molar refractivity (Wildman–Crippen MR) is 82.4 cm³/mol. The first kappa shape index (κ1) is 15.2. The van der Waals surface area contributed by atoms with Gasteiger partial charge in [-0.05, 0) is 30.9 Å². The van der Waals surface area contributed by atoms with E-state index in [1.165, 1.54) is 0 Å². The van der Waals surface area contributed by atoms with E-state index in [0.717, 1.165) is 25.1 Å². The molecule has 2 N–H and O–H groups in total. The van der Waals surface area contributed by atoms with Crippen LogP contribution in [0.2, 0.25) is 5.02 Å². The number of nitrogens with two attached hydrogens (primary N) is 1. The molecule has 0 amide bonds. The molecule has 2 nitrogen and oxygen atoms in total. The van der Waals surface area contributed by atoms with E-state index in [1.54, 1.807) is 0 Å². The molecule has 1 aromatic rings. The van der Waals surface area contributed by atoms with Crippen LogP contribution in [0, 0.1) is 5.92 Å². The van der Waals surface area contributed by atoms with Crippen molar-refractivity contribution < 1.29 is 0 Å². The fraction of sp³-hybridized carbons (Fsp3) is 0.600. The van der Waals surface area contributed by atoms with Crippen LogP contribution in [0.1, 0.15) is 40.5 Å². The number of hydrogen-bond donors (Lipinski definition) is 1. The third-order valence-electron chi connectivity index (χ3n) is 3.28. The Morgan fingerprint density at radius 3 is 2.33 bits per heavy atom. The summed E-state index contributed by atoms with van der Waals surface area (Å²) in [4.78, 5) is 2.41. The Hall–Kier alpha value is -0.890. The predicted octanol–water partition coefficient (Wildman–Crippen LogP) is 4.57. The van der Waals surface area contributed by atoms with Crippen LogP contribution >= 0.6 is 11.6 Å². The first-order valence-corrected chi connectivity index (χ1v) is 7.19. The van der Waals surface area contributed by atoms with Crippen LogP contribution in [0.4, 0.5) is 11.4 Å². The number of anilines is 2. The summed E-state index contributed by atoms with van der Waals surface area (Å²) in [5.41, 5.74) is 7.91. The summed E-state index contributed by atoms with van der Waals surface area (Å²) in [7, 11) is 0. The normalized spacial score (nSPS) is 11.3. The molecule has 1 rings (SSSR count). The van der Waals surface area contributed by atoms with Gasteiger partial charge in [0.15, 0.2) is 0 Å². The van der Waals surface area contributed by atoms with E-state index in [4.69, 9.17) is 17.3 Å². The van der Waals surface area contributed by atoms with E-state index in [9.17, 15) is 0 Å². The molecule has 0 aromatic heterocycles. The van der Waals surface area contributed by atoms with Gasteiger partial charge in [-0.2, -0.15) is 0 Å². The minimum Gasteiger partial charge on any atom is -0.396 e. The Balaban J connectivity index is 3.12. The lowest BCUT2D eigenvalue weighted by molar-refractivity contribution is 0.508. The molecule has 0 unspecified atom stereocenters. The number of hydrogen-bond acceptors (Lipinski definition) is 2. The minimum atomic E-state index is 0.521. The van der Waals surface area contributed by atoms with Crippen molar-refractivity contribution in [2.45, 2.75) is 46.6 Å². The molecule has 0 fully saturated rings. The maximum atomic E-state index is 6.13. The highest BCUT2D eigenvalue weighted by molar-refractivity contribution is 6.33. The van der Waals surface area contributed by atoms with Gasteiger partial charge in [-0.25, -0.2) is 0 Å². The highest BCUT2D eigenvalue weighted by atomic mass is 35.5. The van der Waals surface area contributed by atoms with E-state index < -0.39 is 0 Å². The Morgan fingerprint density at radius 2 is 1.83 bits per heavy atom. The van der Waals surface area contributed by atoms with Crippen LogP contribution in [0.5, 0.6) is 0 Å². The number of nitrogen functional groups attached to an aromatic ring is 1. The number of benzene rings is 1. The van der Waals surface area contributed by atoms with Crippen molar-refractivity contribution in [2.24, 2.45) is 5.92 Å². The van der Waals surface area contributed by atoms with E-state index in [0.29, 0.717) is 22.7 Å². The van der Waals surface area contributed by atoms with Crippen molar-refractivity contribution in [3.8, 4) is 0 Å². The summed E-state index contributed by atoms with van der Waals surface area (Å²) >= 11 is 6.13. The van der Waals surface area contributed by atoms with Crippen molar-refractivity contribution in [3.63, 3.8) is 0 Å². The molecule has 0 spiro atoms. The molecule has 0 saturated carbocycles. The first-order valence-electron chi connectivity index (χ1n) is 6.81. The van der Waals surface area contributed by atoms with Crippen molar-refractivity contribution >= 4 is 23.0 Å². The topological polar surface area (TPSA) is 29.3 Å². The van der Waals surface area contributed by atoms with Crippen molar-refractivity contribution in [3.05, 3.63) is 23.2 Å². The lowest BCUT2D eigenvalue weighted by Crippen LogP contribution is -2.37. The largest absolute Gasteiger partial charge is 0.396 e. The molecule has 1 aromatic carbocycles. The second-order valence-corrected chi connectivity index (χ2v) is 5.60. The summed E-state index contributed by atoms with van der Waals surface area (Å²) in [5.74, 6) is 0.601. The summed E-state index contributed by atoms with van der Waals surface area (Å²) in [5, 5.41) is 0.646. The smallest absolute Gasteiger partial charge is 0.0741 e. The van der Waals surface area contributed by atoms with E-state index >= 15 is 0 Å². The van der Waals surface area contributed by atoms with Gasteiger partial charge in [0.2, 0.25) is 0 Å². The quantitative estimate of drug-likeness (QED) is 0.766. The zero-order valence-electron chi connectivity index (χ0n) is 11.9. The molecule has 0 bridgehead atoms. The van der Waals surface area contributed by atoms with Gasteiger partial charge in [-0.1, -0.05) is 45.4 Å². The van der Waals surface area contributed by atoms with Gasteiger partial charge in [0.25, 0.3) is 0 Å². The molecule has 102 valence electrons. The highest BCUT2D eigenvalue weighted by Gasteiger charge is 2.19. The average molecular weight is 269 g/mol. The van der Waals surface area contributed by atoms with E-state index in [-0.39, 0.29) is 0 Å². The maximum absolute atomic E-state index is 6.13. The lowest BCUT2D eigenvalue weighted by Gasteiger charge is -2.35. The molecule has 0 saturated heterocycles. The van der Waals surface area contributed by atoms with Crippen molar-refractivity contribution in [1.29, 1.82) is 0 Å². The van der Waals surface area contributed by atoms with Gasteiger partial charge in [-0.15, -0.1) is 0 Å². The summed E-state index contributed by atoms with van der Waals surface area (Å²) in [6.07, 6.45) is 2.24. The van der Waals surface area contributed by atoms with Gasteiger partial charge < -0.3 is 10.6 Å². The van der Waals surface area contributed by atoms with E-state index in [2.05, 4.69) is 38.7 Å². The molecule has 0 aliphatic carbocycles. The van der Waals surface area contributed by atoms with Gasteiger partial charge in [0, 0.05) is 12.6 Å². The molecule has 0 atom stereocenters. The van der Waals surface area contributed by atoms with Crippen LogP contribution in [0.15, 0.2) is 18.2 Å². The van der Waals surface area contributed by atoms with Gasteiger partial charge in [-0.3, -0.25) is 0 Å². The molecule has 18 heavy (non-hydrogen) atoms. The maximum Gasteiger partial charge on any atom is 0.0741 e. The molecule has 0 radical (unpaired) electrons. The number of para-hydroxylation sites is 1. The Labute approximate surface area is 116 Å². The van der Waals surface area contributed by atoms with Gasteiger partial charge in [0.05, 0.1) is 16.4 Å². The minimum absolute atomic E-state index is 0.521. The van der Waals surface area contributed by atoms with Crippen LogP contribution in [0.25, 0.3) is 0 Å². The van der Waals surface area contributed by atoms with Gasteiger partial charge >= 0.3 is 0 Å². The van der Waals surface area contributed by atoms with Crippen LogP contribution in [0.3, 0.4) is 0 Å². The van der Waals surface area contributed by atoms with Crippen molar-refractivity contribution in [2.75, 3.05) is 17.2 Å². The molecular weight excluding hydrogens is 244 g/mol. The molecular formula is C15H25ClN2. The van der Waals surface area contributed by atoms with Crippen LogP contribution < -0.4 is 10.6 Å². The number of nitrogens with zero attached hydrogens (tertiary/aromatic N) is 1. The molecule has 0 aliphatic rings. The second kappa shape index (κ2) is 6.89. The Morgan fingerprint density at radius 1 is 1.22 bits per heavy atom. The summed E-state index contributed by atoms with van der Waals surface area (Å²) in [6, 6.07) is 6.42. The lowest BCUT2D eigenvalue weighted by atomic mass is 10.1. The van der Waals surface area contributed by atoms with Gasteiger partial charge in [0.1, 0.15) is 0 Å². The average Bonchev–Trinajstić information content (AvgIpc) is 2.32.